The predicted octanol–water partition coefficient (Wildman–Crippen LogP) is 3.51. The molecule has 3 heteroatoms. The maximum Gasteiger partial charge on any atom is 0.227 e. The highest BCUT2D eigenvalue weighted by molar-refractivity contribution is 6.13. The molecule has 0 unspecified atom stereocenters. The lowest BCUT2D eigenvalue weighted by atomic mass is 9.74. The Balaban J connectivity index is 1.94. The fourth-order valence-electron chi connectivity index (χ4n) is 4.31. The van der Waals surface area contributed by atoms with Crippen LogP contribution in [0.15, 0.2) is 48.5 Å². The lowest BCUT2D eigenvalue weighted by Crippen LogP contribution is -2.48. The highest BCUT2D eigenvalue weighted by Gasteiger charge is 2.58. The zero-order valence-corrected chi connectivity index (χ0v) is 13.4. The molecule has 1 heterocycles. The maximum absolute atomic E-state index is 13.3. The number of hydrogen-bond acceptors (Lipinski definition) is 2. The van der Waals surface area contributed by atoms with Gasteiger partial charge in [-0.25, -0.2) is 0 Å². The van der Waals surface area contributed by atoms with Crippen LogP contribution in [0.2, 0.25) is 0 Å². The molecule has 0 fully saturated rings. The van der Waals surface area contributed by atoms with Crippen LogP contribution in [-0.2, 0) is 16.6 Å². The summed E-state index contributed by atoms with van der Waals surface area (Å²) < 4.78 is 0. The van der Waals surface area contributed by atoms with Crippen molar-refractivity contribution in [2.75, 3.05) is 4.90 Å². The molecule has 0 N–H and O–H groups in total. The summed E-state index contributed by atoms with van der Waals surface area (Å²) in [7, 11) is 0. The number of carbonyl (C=O) groups is 2. The Morgan fingerprint density at radius 1 is 1.17 bits per heavy atom. The van der Waals surface area contributed by atoms with Gasteiger partial charge in [-0.3, -0.25) is 9.59 Å². The second-order valence-electron chi connectivity index (χ2n) is 6.44. The molecule has 0 radical (unpaired) electrons. The smallest absolute Gasteiger partial charge is 0.227 e. The molecule has 23 heavy (non-hydrogen) atoms. The Morgan fingerprint density at radius 3 is 2.61 bits per heavy atom. The SMILES string of the molecule is CCC(=O)N1c2ccccc2[C@@]2(Cc3ccccc3C2=O)[C@@H]1C. The minimum absolute atomic E-state index is 0.0746. The van der Waals surface area contributed by atoms with E-state index in [2.05, 4.69) is 0 Å². The number of nitrogens with zero attached hydrogens (tertiary/aromatic N) is 1. The van der Waals surface area contributed by atoms with Crippen molar-refractivity contribution < 1.29 is 9.59 Å². The molecular formula is C20H19NO2. The third-order valence-corrected chi connectivity index (χ3v) is 5.45. The van der Waals surface area contributed by atoms with E-state index < -0.39 is 5.41 Å². The average Bonchev–Trinajstić information content (AvgIpc) is 3.02. The highest BCUT2D eigenvalue weighted by Crippen LogP contribution is 2.52. The van der Waals surface area contributed by atoms with Crippen LogP contribution in [0.4, 0.5) is 5.69 Å². The number of Topliss-reactive ketones (excluding diaryl/α,β-unsaturated/α-hetero) is 1. The van der Waals surface area contributed by atoms with E-state index in [0.717, 1.165) is 22.4 Å². The van der Waals surface area contributed by atoms with E-state index in [-0.39, 0.29) is 17.7 Å². The van der Waals surface area contributed by atoms with Gasteiger partial charge in [-0.1, -0.05) is 49.4 Å². The monoisotopic (exact) mass is 305 g/mol. The minimum atomic E-state index is -0.634. The summed E-state index contributed by atoms with van der Waals surface area (Å²) in [5, 5.41) is 0. The maximum atomic E-state index is 13.3. The van der Waals surface area contributed by atoms with Gasteiger partial charge in [0.05, 0.1) is 11.5 Å². The Labute approximate surface area is 135 Å². The third kappa shape index (κ3) is 1.65. The molecular weight excluding hydrogens is 286 g/mol. The number of benzene rings is 2. The molecule has 1 aliphatic carbocycles. The molecule has 2 aromatic carbocycles. The van der Waals surface area contributed by atoms with E-state index in [4.69, 9.17) is 0 Å². The number of hydrogen-bond donors (Lipinski definition) is 0. The van der Waals surface area contributed by atoms with Gasteiger partial charge >= 0.3 is 0 Å². The van der Waals surface area contributed by atoms with Crippen LogP contribution in [0.1, 0.15) is 41.8 Å². The number of carbonyl (C=O) groups excluding carboxylic acids is 2. The first kappa shape index (κ1) is 14.2. The normalized spacial score (nSPS) is 24.9. The van der Waals surface area contributed by atoms with Crippen LogP contribution in [0, 0.1) is 0 Å². The Morgan fingerprint density at radius 2 is 1.87 bits per heavy atom. The van der Waals surface area contributed by atoms with Gasteiger partial charge in [0.25, 0.3) is 0 Å². The summed E-state index contributed by atoms with van der Waals surface area (Å²) in [6.07, 6.45) is 1.11. The summed E-state index contributed by atoms with van der Waals surface area (Å²) in [6.45, 7) is 3.88. The van der Waals surface area contributed by atoms with Crippen molar-refractivity contribution in [3.05, 3.63) is 65.2 Å². The Kier molecular flexibility index (Phi) is 2.95. The number of ketones is 1. The zero-order valence-electron chi connectivity index (χ0n) is 13.4. The second-order valence-corrected chi connectivity index (χ2v) is 6.44. The lowest BCUT2D eigenvalue weighted by Gasteiger charge is -2.31. The first-order valence-corrected chi connectivity index (χ1v) is 8.15. The molecule has 2 atom stereocenters. The summed E-state index contributed by atoms with van der Waals surface area (Å²) in [6, 6.07) is 15.5. The molecule has 116 valence electrons. The summed E-state index contributed by atoms with van der Waals surface area (Å²) in [4.78, 5) is 27.7. The standard InChI is InChI=1S/C20H19NO2/c1-3-18(22)21-13(2)20(16-10-6-7-11-17(16)21)12-14-8-4-5-9-15(14)19(20)23/h4-11,13H,3,12H2,1-2H3/t13-,20+/m0/s1. The van der Waals surface area contributed by atoms with Gasteiger partial charge in [0, 0.05) is 17.7 Å². The first-order chi connectivity index (χ1) is 11.1. The van der Waals surface area contributed by atoms with Crippen LogP contribution in [0.25, 0.3) is 0 Å². The molecule has 3 nitrogen and oxygen atoms in total. The fraction of sp³-hybridized carbons (Fsp3) is 0.300. The zero-order chi connectivity index (χ0) is 16.2. The van der Waals surface area contributed by atoms with Crippen LogP contribution >= 0.6 is 0 Å². The van der Waals surface area contributed by atoms with Gasteiger partial charge in [0.2, 0.25) is 5.91 Å². The van der Waals surface area contributed by atoms with Gasteiger partial charge in [0.1, 0.15) is 0 Å². The molecule has 0 saturated carbocycles. The number of anilines is 1. The number of para-hydroxylation sites is 1. The quantitative estimate of drug-likeness (QED) is 0.808. The third-order valence-electron chi connectivity index (χ3n) is 5.45. The van der Waals surface area contributed by atoms with Crippen molar-refractivity contribution in [1.82, 2.24) is 0 Å². The summed E-state index contributed by atoms with van der Waals surface area (Å²) in [5.74, 6) is 0.227. The van der Waals surface area contributed by atoms with Gasteiger partial charge in [-0.2, -0.15) is 0 Å². The van der Waals surface area contributed by atoms with Gasteiger partial charge in [-0.15, -0.1) is 0 Å². The van der Waals surface area contributed by atoms with E-state index in [1.165, 1.54) is 0 Å². The molecule has 4 rings (SSSR count). The second kappa shape index (κ2) is 4.79. The van der Waals surface area contributed by atoms with E-state index >= 15 is 0 Å². The van der Waals surface area contributed by atoms with Crippen LogP contribution in [0.5, 0.6) is 0 Å². The van der Waals surface area contributed by atoms with Crippen molar-refractivity contribution in [2.24, 2.45) is 0 Å². The molecule has 1 spiro atoms. The summed E-state index contributed by atoms with van der Waals surface area (Å²) in [5.41, 5.74) is 3.15. The molecule has 0 aromatic heterocycles. The van der Waals surface area contributed by atoms with Crippen LogP contribution in [0.3, 0.4) is 0 Å². The number of amides is 1. The number of fused-ring (bicyclic) bond motifs is 3. The van der Waals surface area contributed by atoms with Crippen molar-refractivity contribution in [2.45, 2.75) is 38.1 Å². The van der Waals surface area contributed by atoms with Crippen LogP contribution < -0.4 is 4.90 Å². The topological polar surface area (TPSA) is 37.4 Å². The number of rotatable bonds is 1. The average molecular weight is 305 g/mol. The molecule has 0 bridgehead atoms. The van der Waals surface area contributed by atoms with E-state index in [9.17, 15) is 9.59 Å². The first-order valence-electron chi connectivity index (χ1n) is 8.15. The van der Waals surface area contributed by atoms with Crippen molar-refractivity contribution in [3.63, 3.8) is 0 Å². The van der Waals surface area contributed by atoms with Gasteiger partial charge in [-0.05, 0) is 30.5 Å². The molecule has 1 amide bonds. The lowest BCUT2D eigenvalue weighted by molar-refractivity contribution is -0.118. The van der Waals surface area contributed by atoms with Gasteiger partial charge in [0.15, 0.2) is 5.78 Å². The van der Waals surface area contributed by atoms with Crippen molar-refractivity contribution >= 4 is 17.4 Å². The van der Waals surface area contributed by atoms with Crippen molar-refractivity contribution in [3.8, 4) is 0 Å². The minimum Gasteiger partial charge on any atom is -0.308 e. The molecule has 0 saturated heterocycles. The predicted molar refractivity (Wildman–Crippen MR) is 89.8 cm³/mol. The Hall–Kier alpha value is -2.42. The largest absolute Gasteiger partial charge is 0.308 e. The van der Waals surface area contributed by atoms with Crippen LogP contribution in [-0.4, -0.2) is 17.7 Å². The highest BCUT2D eigenvalue weighted by atomic mass is 16.2. The van der Waals surface area contributed by atoms with E-state index in [1.807, 2.05) is 67.3 Å². The molecule has 2 aromatic rings. The van der Waals surface area contributed by atoms with E-state index in [0.29, 0.717) is 12.8 Å². The fourth-order valence-corrected chi connectivity index (χ4v) is 4.31. The summed E-state index contributed by atoms with van der Waals surface area (Å²) >= 11 is 0. The van der Waals surface area contributed by atoms with E-state index in [1.54, 1.807) is 0 Å². The van der Waals surface area contributed by atoms with Gasteiger partial charge < -0.3 is 4.90 Å². The van der Waals surface area contributed by atoms with Crippen molar-refractivity contribution in [1.29, 1.82) is 0 Å². The molecule has 1 aliphatic heterocycles. The Bertz CT molecular complexity index is 826. The molecule has 2 aliphatic rings.